The maximum absolute atomic E-state index is 13.6. The first kappa shape index (κ1) is 23.8. The summed E-state index contributed by atoms with van der Waals surface area (Å²) in [5, 5.41) is 6.83. The molecule has 8 heteroatoms. The zero-order chi connectivity index (χ0) is 25.4. The quantitative estimate of drug-likeness (QED) is 0.423. The lowest BCUT2D eigenvalue weighted by Gasteiger charge is -2.30. The van der Waals surface area contributed by atoms with E-state index in [-0.39, 0.29) is 18.1 Å². The number of para-hydroxylation sites is 2. The van der Waals surface area contributed by atoms with Crippen LogP contribution in [0.5, 0.6) is 11.5 Å². The molecule has 5 nitrogen and oxygen atoms in total. The highest BCUT2D eigenvalue weighted by atomic mass is 19.4. The fourth-order valence-corrected chi connectivity index (χ4v) is 4.95. The van der Waals surface area contributed by atoms with E-state index in [9.17, 15) is 18.0 Å². The number of nitrogens with one attached hydrogen (secondary N) is 2. The first-order valence-electron chi connectivity index (χ1n) is 11.6. The number of carbonyl (C=O) groups is 1. The Morgan fingerprint density at radius 2 is 1.50 bits per heavy atom. The third-order valence-electron chi connectivity index (χ3n) is 6.76. The number of fused-ring (bicyclic) bond motifs is 1. The van der Waals surface area contributed by atoms with Crippen LogP contribution in [0.15, 0.2) is 78.0 Å². The van der Waals surface area contributed by atoms with E-state index in [1.165, 1.54) is 12.1 Å². The first-order chi connectivity index (χ1) is 17.3. The number of ketones is 1. The Balaban J connectivity index is 1.56. The van der Waals surface area contributed by atoms with Gasteiger partial charge in [0.15, 0.2) is 17.3 Å². The number of hydrogen-bond donors (Lipinski definition) is 2. The van der Waals surface area contributed by atoms with Crippen LogP contribution in [-0.2, 0) is 11.0 Å². The number of halogens is 3. The number of methoxy groups -OCH3 is 2. The standard InChI is InChI=1S/C28H25F3N2O3/c1-35-24-12-9-17(15-25(24)36-2)18-13-22-26(23(34)14-18)27(33-21-6-4-3-5-20(21)32-22)16-7-10-19(11-8-16)28(29,30)31/h3-12,15,18,27,32-33H,13-14H2,1-2H3/t18-,27+/m0/s1. The Hall–Kier alpha value is -3.94. The normalized spacial score (nSPS) is 19.4. The molecule has 5 rings (SSSR count). The molecule has 0 fully saturated rings. The Bertz CT molecular complexity index is 1330. The van der Waals surface area contributed by atoms with Crippen molar-refractivity contribution in [2.45, 2.75) is 31.0 Å². The highest BCUT2D eigenvalue weighted by Crippen LogP contribution is 2.45. The van der Waals surface area contributed by atoms with Crippen molar-refractivity contribution >= 4 is 17.2 Å². The lowest BCUT2D eigenvalue weighted by molar-refractivity contribution is -0.137. The van der Waals surface area contributed by atoms with Crippen molar-refractivity contribution in [2.24, 2.45) is 0 Å². The number of hydrogen-bond acceptors (Lipinski definition) is 5. The number of ether oxygens (including phenoxy) is 2. The van der Waals surface area contributed by atoms with Gasteiger partial charge in [0.25, 0.3) is 0 Å². The molecule has 0 amide bonds. The van der Waals surface area contributed by atoms with Gasteiger partial charge in [-0.3, -0.25) is 4.79 Å². The third-order valence-corrected chi connectivity index (χ3v) is 6.76. The van der Waals surface area contributed by atoms with Gasteiger partial charge in [-0.1, -0.05) is 30.3 Å². The zero-order valence-corrected chi connectivity index (χ0v) is 19.8. The molecular formula is C28H25F3N2O3. The summed E-state index contributed by atoms with van der Waals surface area (Å²) < 4.78 is 50.3. The second kappa shape index (κ2) is 9.26. The second-order valence-electron chi connectivity index (χ2n) is 8.90. The number of carbonyl (C=O) groups excluding carboxylic acids is 1. The summed E-state index contributed by atoms with van der Waals surface area (Å²) in [6, 6.07) is 17.6. The molecule has 0 bridgehead atoms. The molecule has 0 unspecified atom stereocenters. The van der Waals surface area contributed by atoms with E-state index in [2.05, 4.69) is 10.6 Å². The molecule has 0 saturated carbocycles. The molecule has 2 aliphatic rings. The van der Waals surface area contributed by atoms with Gasteiger partial charge in [-0.05, 0) is 59.9 Å². The fourth-order valence-electron chi connectivity index (χ4n) is 4.95. The number of benzene rings is 3. The van der Waals surface area contributed by atoms with Crippen molar-refractivity contribution in [3.05, 3.63) is 94.7 Å². The van der Waals surface area contributed by atoms with E-state index < -0.39 is 17.8 Å². The van der Waals surface area contributed by atoms with Crippen LogP contribution in [0.25, 0.3) is 0 Å². The van der Waals surface area contributed by atoms with Crippen molar-refractivity contribution in [1.82, 2.24) is 0 Å². The lowest BCUT2D eigenvalue weighted by atomic mass is 9.78. The highest BCUT2D eigenvalue weighted by Gasteiger charge is 2.37. The number of allylic oxidation sites excluding steroid dienone is 1. The van der Waals surface area contributed by atoms with Gasteiger partial charge in [-0.15, -0.1) is 0 Å². The predicted octanol–water partition coefficient (Wildman–Crippen LogP) is 6.70. The summed E-state index contributed by atoms with van der Waals surface area (Å²) in [5.74, 6) is 1.04. The van der Waals surface area contributed by atoms with E-state index in [4.69, 9.17) is 9.47 Å². The Kier molecular flexibility index (Phi) is 6.12. The molecule has 3 aromatic carbocycles. The number of anilines is 2. The van der Waals surface area contributed by atoms with Crippen LogP contribution in [0.1, 0.15) is 41.5 Å². The summed E-state index contributed by atoms with van der Waals surface area (Å²) in [5.41, 5.74) is 3.69. The van der Waals surface area contributed by atoms with Crippen LogP contribution in [0.4, 0.5) is 24.5 Å². The van der Waals surface area contributed by atoms with Gasteiger partial charge in [-0.25, -0.2) is 0 Å². The molecule has 36 heavy (non-hydrogen) atoms. The van der Waals surface area contributed by atoms with Crippen LogP contribution < -0.4 is 20.1 Å². The minimum absolute atomic E-state index is 0.0614. The van der Waals surface area contributed by atoms with Crippen molar-refractivity contribution in [1.29, 1.82) is 0 Å². The monoisotopic (exact) mass is 494 g/mol. The van der Waals surface area contributed by atoms with Gasteiger partial charge >= 0.3 is 6.18 Å². The summed E-state index contributed by atoms with van der Waals surface area (Å²) >= 11 is 0. The van der Waals surface area contributed by atoms with Gasteiger partial charge in [0.1, 0.15) is 0 Å². The smallest absolute Gasteiger partial charge is 0.416 e. The van der Waals surface area contributed by atoms with Gasteiger partial charge in [0, 0.05) is 17.7 Å². The maximum atomic E-state index is 13.6. The predicted molar refractivity (Wildman–Crippen MR) is 131 cm³/mol. The van der Waals surface area contributed by atoms with E-state index in [1.54, 1.807) is 14.2 Å². The van der Waals surface area contributed by atoms with Crippen molar-refractivity contribution in [2.75, 3.05) is 24.9 Å². The second-order valence-corrected chi connectivity index (χ2v) is 8.90. The van der Waals surface area contributed by atoms with Crippen LogP contribution in [-0.4, -0.2) is 20.0 Å². The molecule has 2 atom stereocenters. The van der Waals surface area contributed by atoms with E-state index in [0.717, 1.165) is 34.8 Å². The Morgan fingerprint density at radius 3 is 2.17 bits per heavy atom. The molecule has 186 valence electrons. The van der Waals surface area contributed by atoms with Crippen LogP contribution >= 0.6 is 0 Å². The Morgan fingerprint density at radius 1 is 0.833 bits per heavy atom. The van der Waals surface area contributed by atoms with E-state index in [1.807, 2.05) is 42.5 Å². The van der Waals surface area contributed by atoms with Crippen molar-refractivity contribution < 1.29 is 27.4 Å². The average molecular weight is 495 g/mol. The molecule has 0 aromatic heterocycles. The first-order valence-corrected chi connectivity index (χ1v) is 11.6. The molecule has 2 N–H and O–H groups in total. The number of rotatable bonds is 4. The molecule has 3 aromatic rings. The van der Waals surface area contributed by atoms with Gasteiger partial charge in [0.05, 0.1) is 37.2 Å². The van der Waals surface area contributed by atoms with E-state index in [0.29, 0.717) is 29.1 Å². The summed E-state index contributed by atoms with van der Waals surface area (Å²) in [7, 11) is 3.14. The van der Waals surface area contributed by atoms with Crippen LogP contribution in [0, 0.1) is 0 Å². The topological polar surface area (TPSA) is 59.6 Å². The van der Waals surface area contributed by atoms with Crippen molar-refractivity contribution in [3.8, 4) is 11.5 Å². The van der Waals surface area contributed by atoms with Gasteiger partial charge < -0.3 is 20.1 Å². The molecule has 1 aliphatic heterocycles. The van der Waals surface area contributed by atoms with Crippen LogP contribution in [0.2, 0.25) is 0 Å². The molecular weight excluding hydrogens is 469 g/mol. The minimum atomic E-state index is -4.43. The SMILES string of the molecule is COc1ccc([C@@H]2CC(=O)C3=C(C2)Nc2ccccc2N[C@@H]3c2ccc(C(F)(F)F)cc2)cc1OC. The zero-order valence-electron chi connectivity index (χ0n) is 19.8. The maximum Gasteiger partial charge on any atom is 0.416 e. The largest absolute Gasteiger partial charge is 0.493 e. The third kappa shape index (κ3) is 4.39. The molecule has 0 radical (unpaired) electrons. The molecule has 0 saturated heterocycles. The number of alkyl halides is 3. The Labute approximate surface area is 206 Å². The molecule has 1 heterocycles. The summed E-state index contributed by atoms with van der Waals surface area (Å²) in [6.07, 6.45) is -3.60. The molecule has 0 spiro atoms. The highest BCUT2D eigenvalue weighted by molar-refractivity contribution is 6.01. The lowest BCUT2D eigenvalue weighted by Crippen LogP contribution is -2.27. The van der Waals surface area contributed by atoms with Gasteiger partial charge in [0.2, 0.25) is 0 Å². The summed E-state index contributed by atoms with van der Waals surface area (Å²) in [6.45, 7) is 0. The van der Waals surface area contributed by atoms with Gasteiger partial charge in [-0.2, -0.15) is 13.2 Å². The van der Waals surface area contributed by atoms with Crippen molar-refractivity contribution in [3.63, 3.8) is 0 Å². The average Bonchev–Trinajstić information content (AvgIpc) is 3.04. The minimum Gasteiger partial charge on any atom is -0.493 e. The van der Waals surface area contributed by atoms with Crippen LogP contribution in [0.3, 0.4) is 0 Å². The number of Topliss-reactive ketones (excluding diaryl/α,β-unsaturated/α-hetero) is 1. The van der Waals surface area contributed by atoms with E-state index >= 15 is 0 Å². The summed E-state index contributed by atoms with van der Waals surface area (Å²) in [4.78, 5) is 13.6. The fraction of sp³-hybridized carbons (Fsp3) is 0.250. The molecule has 1 aliphatic carbocycles.